The van der Waals surface area contributed by atoms with E-state index >= 15 is 0 Å². The fourth-order valence-electron chi connectivity index (χ4n) is 3.75. The maximum Gasteiger partial charge on any atom is 0.0810 e. The molecule has 118 valence electrons. The van der Waals surface area contributed by atoms with Gasteiger partial charge in [0.15, 0.2) is 0 Å². The molecule has 2 fully saturated rings. The molecule has 0 amide bonds. The third-order valence-electron chi connectivity index (χ3n) is 5.15. The van der Waals surface area contributed by atoms with Crippen molar-refractivity contribution in [2.24, 2.45) is 5.92 Å². The summed E-state index contributed by atoms with van der Waals surface area (Å²) in [6.07, 6.45) is 13.6. The van der Waals surface area contributed by atoms with E-state index in [-0.39, 0.29) is 5.60 Å². The summed E-state index contributed by atoms with van der Waals surface area (Å²) in [6, 6.07) is 0.797. The second-order valence-electron chi connectivity index (χ2n) is 7.29. The van der Waals surface area contributed by atoms with Crippen molar-refractivity contribution in [3.63, 3.8) is 0 Å². The SMILES string of the molecule is CCCC1CCC(CNC2CC2)(OC(C)CCC)CC1. The molecule has 0 aromatic heterocycles. The lowest BCUT2D eigenvalue weighted by Crippen LogP contribution is -2.48. The summed E-state index contributed by atoms with van der Waals surface area (Å²) in [5, 5.41) is 3.74. The molecule has 20 heavy (non-hydrogen) atoms. The number of ether oxygens (including phenoxy) is 1. The van der Waals surface area contributed by atoms with E-state index in [2.05, 4.69) is 26.1 Å². The molecule has 0 heterocycles. The van der Waals surface area contributed by atoms with Gasteiger partial charge in [0.05, 0.1) is 11.7 Å². The Morgan fingerprint density at radius 3 is 2.35 bits per heavy atom. The van der Waals surface area contributed by atoms with E-state index in [0.29, 0.717) is 6.10 Å². The van der Waals surface area contributed by atoms with Crippen LogP contribution in [0.3, 0.4) is 0 Å². The molecule has 1 N–H and O–H groups in total. The first-order valence-corrected chi connectivity index (χ1v) is 9.08. The van der Waals surface area contributed by atoms with Gasteiger partial charge in [-0.2, -0.15) is 0 Å². The molecule has 2 aliphatic carbocycles. The van der Waals surface area contributed by atoms with Crippen molar-refractivity contribution in [3.05, 3.63) is 0 Å². The van der Waals surface area contributed by atoms with Gasteiger partial charge in [0.25, 0.3) is 0 Å². The Bertz CT molecular complexity index is 267. The molecular formula is C18H35NO. The van der Waals surface area contributed by atoms with E-state index < -0.39 is 0 Å². The maximum atomic E-state index is 6.56. The second-order valence-corrected chi connectivity index (χ2v) is 7.29. The zero-order valence-electron chi connectivity index (χ0n) is 13.9. The fourth-order valence-corrected chi connectivity index (χ4v) is 3.75. The van der Waals surface area contributed by atoms with Crippen LogP contribution in [0.15, 0.2) is 0 Å². The molecule has 0 aromatic carbocycles. The topological polar surface area (TPSA) is 21.3 Å². The van der Waals surface area contributed by atoms with Crippen LogP contribution < -0.4 is 5.32 Å². The number of hydrogen-bond donors (Lipinski definition) is 1. The Hall–Kier alpha value is -0.0800. The van der Waals surface area contributed by atoms with Crippen LogP contribution in [-0.4, -0.2) is 24.3 Å². The number of hydrogen-bond acceptors (Lipinski definition) is 2. The minimum absolute atomic E-state index is 0.140. The Morgan fingerprint density at radius 1 is 1.10 bits per heavy atom. The maximum absolute atomic E-state index is 6.56. The van der Waals surface area contributed by atoms with Gasteiger partial charge in [-0.3, -0.25) is 0 Å². The third kappa shape index (κ3) is 5.04. The van der Waals surface area contributed by atoms with Crippen LogP contribution in [0.2, 0.25) is 0 Å². The quantitative estimate of drug-likeness (QED) is 0.663. The molecule has 0 radical (unpaired) electrons. The van der Waals surface area contributed by atoms with Gasteiger partial charge in [-0.25, -0.2) is 0 Å². The molecule has 0 bridgehead atoms. The van der Waals surface area contributed by atoms with Gasteiger partial charge in [0.2, 0.25) is 0 Å². The van der Waals surface area contributed by atoms with E-state index in [4.69, 9.17) is 4.74 Å². The van der Waals surface area contributed by atoms with Gasteiger partial charge in [-0.15, -0.1) is 0 Å². The van der Waals surface area contributed by atoms with Crippen LogP contribution in [0, 0.1) is 5.92 Å². The molecule has 2 saturated carbocycles. The Morgan fingerprint density at radius 2 is 1.80 bits per heavy atom. The van der Waals surface area contributed by atoms with Crippen LogP contribution in [0.1, 0.15) is 85.0 Å². The normalized spacial score (nSPS) is 32.2. The molecule has 0 spiro atoms. The molecule has 0 saturated heterocycles. The van der Waals surface area contributed by atoms with E-state index in [9.17, 15) is 0 Å². The van der Waals surface area contributed by atoms with Crippen molar-refractivity contribution >= 4 is 0 Å². The van der Waals surface area contributed by atoms with Gasteiger partial charge in [0.1, 0.15) is 0 Å². The van der Waals surface area contributed by atoms with Crippen LogP contribution in [-0.2, 0) is 4.74 Å². The summed E-state index contributed by atoms with van der Waals surface area (Å²) in [5.41, 5.74) is 0.140. The molecular weight excluding hydrogens is 246 g/mol. The predicted octanol–water partition coefficient (Wildman–Crippen LogP) is 4.67. The highest BCUT2D eigenvalue weighted by atomic mass is 16.5. The van der Waals surface area contributed by atoms with Crippen molar-refractivity contribution < 1.29 is 4.74 Å². The van der Waals surface area contributed by atoms with Crippen LogP contribution in [0.5, 0.6) is 0 Å². The Labute approximate surface area is 126 Å². The summed E-state index contributed by atoms with van der Waals surface area (Å²) in [5.74, 6) is 0.958. The van der Waals surface area contributed by atoms with Gasteiger partial charge in [-0.1, -0.05) is 33.1 Å². The summed E-state index contributed by atoms with van der Waals surface area (Å²) in [6.45, 7) is 7.93. The van der Waals surface area contributed by atoms with Crippen molar-refractivity contribution in [3.8, 4) is 0 Å². The zero-order valence-corrected chi connectivity index (χ0v) is 13.9. The van der Waals surface area contributed by atoms with Crippen molar-refractivity contribution in [1.29, 1.82) is 0 Å². The molecule has 0 aliphatic heterocycles. The first-order valence-electron chi connectivity index (χ1n) is 9.08. The molecule has 2 aliphatic rings. The lowest BCUT2D eigenvalue weighted by Gasteiger charge is -2.42. The number of nitrogens with one attached hydrogen (secondary N) is 1. The molecule has 2 rings (SSSR count). The lowest BCUT2D eigenvalue weighted by atomic mass is 9.76. The van der Waals surface area contributed by atoms with E-state index in [0.717, 1.165) is 18.5 Å². The van der Waals surface area contributed by atoms with Crippen molar-refractivity contribution in [1.82, 2.24) is 5.32 Å². The average molecular weight is 281 g/mol. The fraction of sp³-hybridized carbons (Fsp3) is 1.00. The van der Waals surface area contributed by atoms with Crippen LogP contribution in [0.4, 0.5) is 0 Å². The van der Waals surface area contributed by atoms with Gasteiger partial charge in [0, 0.05) is 12.6 Å². The zero-order chi connectivity index (χ0) is 14.4. The van der Waals surface area contributed by atoms with Gasteiger partial charge >= 0.3 is 0 Å². The summed E-state index contributed by atoms with van der Waals surface area (Å²) in [7, 11) is 0. The third-order valence-corrected chi connectivity index (χ3v) is 5.15. The van der Waals surface area contributed by atoms with Crippen molar-refractivity contribution in [2.75, 3.05) is 6.54 Å². The molecule has 0 aromatic rings. The van der Waals surface area contributed by atoms with E-state index in [1.165, 1.54) is 64.2 Å². The first kappa shape index (κ1) is 16.3. The van der Waals surface area contributed by atoms with Gasteiger partial charge < -0.3 is 10.1 Å². The minimum atomic E-state index is 0.140. The standard InChI is InChI=1S/C18H35NO/c1-4-6-15(3)20-18(14-19-17-8-9-17)12-10-16(7-5-2)11-13-18/h15-17,19H,4-14H2,1-3H3. The highest BCUT2D eigenvalue weighted by molar-refractivity contribution is 4.93. The van der Waals surface area contributed by atoms with Crippen LogP contribution >= 0.6 is 0 Å². The largest absolute Gasteiger partial charge is 0.371 e. The first-order chi connectivity index (χ1) is 9.67. The van der Waals surface area contributed by atoms with E-state index in [1.807, 2.05) is 0 Å². The summed E-state index contributed by atoms with van der Waals surface area (Å²) >= 11 is 0. The number of rotatable bonds is 9. The molecule has 1 unspecified atom stereocenters. The molecule has 1 atom stereocenters. The minimum Gasteiger partial charge on any atom is -0.371 e. The van der Waals surface area contributed by atoms with Crippen molar-refractivity contribution in [2.45, 2.75) is 103 Å². The molecule has 2 heteroatoms. The molecule has 2 nitrogen and oxygen atoms in total. The van der Waals surface area contributed by atoms with Gasteiger partial charge in [-0.05, 0) is 57.8 Å². The van der Waals surface area contributed by atoms with E-state index in [1.54, 1.807) is 0 Å². The predicted molar refractivity (Wildman–Crippen MR) is 86.1 cm³/mol. The summed E-state index contributed by atoms with van der Waals surface area (Å²) in [4.78, 5) is 0. The average Bonchev–Trinajstić information content (AvgIpc) is 3.24. The summed E-state index contributed by atoms with van der Waals surface area (Å²) < 4.78 is 6.56. The Balaban J connectivity index is 1.86. The van der Waals surface area contributed by atoms with Crippen LogP contribution in [0.25, 0.3) is 0 Å². The second kappa shape index (κ2) is 7.79. The Kier molecular flexibility index (Phi) is 6.35. The smallest absolute Gasteiger partial charge is 0.0810 e. The highest BCUT2D eigenvalue weighted by Crippen LogP contribution is 2.38. The highest BCUT2D eigenvalue weighted by Gasteiger charge is 2.38. The lowest BCUT2D eigenvalue weighted by molar-refractivity contribution is -0.114. The monoisotopic (exact) mass is 281 g/mol.